The molecular formula is C16H17ClN2O3S. The first kappa shape index (κ1) is 17.3. The highest BCUT2D eigenvalue weighted by atomic mass is 35.5. The van der Waals surface area contributed by atoms with Gasteiger partial charge in [-0.25, -0.2) is 8.42 Å². The maximum atomic E-state index is 11.3. The average molecular weight is 353 g/mol. The SMILES string of the molecule is CS(=O)(=O)Cc1ccc(NN(C=O)Cc2ccc(Cl)cc2)cc1. The molecule has 0 aliphatic rings. The van der Waals surface area contributed by atoms with Gasteiger partial charge in [0, 0.05) is 11.3 Å². The van der Waals surface area contributed by atoms with Crippen molar-refractivity contribution in [1.29, 1.82) is 0 Å². The lowest BCUT2D eigenvalue weighted by Crippen LogP contribution is -2.27. The Morgan fingerprint density at radius 3 is 2.13 bits per heavy atom. The van der Waals surface area contributed by atoms with Crippen molar-refractivity contribution in [2.24, 2.45) is 0 Å². The van der Waals surface area contributed by atoms with E-state index < -0.39 is 9.84 Å². The van der Waals surface area contributed by atoms with Crippen molar-refractivity contribution in [3.05, 3.63) is 64.7 Å². The van der Waals surface area contributed by atoms with Gasteiger partial charge in [0.1, 0.15) is 0 Å². The third-order valence-electron chi connectivity index (χ3n) is 3.05. The molecule has 0 aliphatic heterocycles. The first-order valence-electron chi connectivity index (χ1n) is 6.85. The first-order valence-corrected chi connectivity index (χ1v) is 9.29. The van der Waals surface area contributed by atoms with Crippen LogP contribution < -0.4 is 5.43 Å². The number of benzene rings is 2. The highest BCUT2D eigenvalue weighted by molar-refractivity contribution is 7.89. The van der Waals surface area contributed by atoms with Gasteiger partial charge in [-0.1, -0.05) is 35.9 Å². The van der Waals surface area contributed by atoms with Crippen LogP contribution in [0.25, 0.3) is 0 Å². The molecule has 2 aromatic carbocycles. The van der Waals surface area contributed by atoms with E-state index in [1.54, 1.807) is 36.4 Å². The molecule has 5 nitrogen and oxygen atoms in total. The van der Waals surface area contributed by atoms with Crippen molar-refractivity contribution in [3.63, 3.8) is 0 Å². The summed E-state index contributed by atoms with van der Waals surface area (Å²) in [4.78, 5) is 11.2. The van der Waals surface area contributed by atoms with Crippen LogP contribution in [0.4, 0.5) is 5.69 Å². The Balaban J connectivity index is 2.01. The van der Waals surface area contributed by atoms with Gasteiger partial charge < -0.3 is 0 Å². The van der Waals surface area contributed by atoms with Crippen LogP contribution in [0.2, 0.25) is 5.02 Å². The summed E-state index contributed by atoms with van der Waals surface area (Å²) in [5.74, 6) is -0.00451. The zero-order valence-electron chi connectivity index (χ0n) is 12.6. The van der Waals surface area contributed by atoms with Crippen LogP contribution in [0.1, 0.15) is 11.1 Å². The number of carbonyl (C=O) groups excluding carboxylic acids is 1. The highest BCUT2D eigenvalue weighted by Crippen LogP contribution is 2.14. The Labute approximate surface area is 140 Å². The highest BCUT2D eigenvalue weighted by Gasteiger charge is 2.06. The molecule has 1 amide bonds. The van der Waals surface area contributed by atoms with Crippen molar-refractivity contribution in [2.75, 3.05) is 11.7 Å². The van der Waals surface area contributed by atoms with Crippen molar-refractivity contribution < 1.29 is 13.2 Å². The average Bonchev–Trinajstić information content (AvgIpc) is 2.49. The minimum atomic E-state index is -3.06. The molecule has 0 fully saturated rings. The number of halogens is 1. The number of anilines is 1. The molecule has 7 heteroatoms. The monoisotopic (exact) mass is 352 g/mol. The summed E-state index contributed by atoms with van der Waals surface area (Å²) < 4.78 is 22.5. The fourth-order valence-corrected chi connectivity index (χ4v) is 2.96. The molecule has 0 atom stereocenters. The van der Waals surface area contributed by atoms with Crippen molar-refractivity contribution in [3.8, 4) is 0 Å². The predicted molar refractivity (Wildman–Crippen MR) is 91.7 cm³/mol. The molecule has 122 valence electrons. The Kier molecular flexibility index (Phi) is 5.63. The molecule has 0 saturated heterocycles. The number of nitrogens with zero attached hydrogens (tertiary/aromatic N) is 1. The molecule has 23 heavy (non-hydrogen) atoms. The van der Waals surface area contributed by atoms with E-state index in [4.69, 9.17) is 11.6 Å². The maximum absolute atomic E-state index is 11.3. The molecule has 0 unspecified atom stereocenters. The first-order chi connectivity index (χ1) is 10.9. The molecule has 0 aliphatic carbocycles. The van der Waals surface area contributed by atoms with Crippen LogP contribution in [0.15, 0.2) is 48.5 Å². The summed E-state index contributed by atoms with van der Waals surface area (Å²) in [5.41, 5.74) is 5.30. The largest absolute Gasteiger partial charge is 0.296 e. The summed E-state index contributed by atoms with van der Waals surface area (Å²) in [6.07, 6.45) is 1.89. The van der Waals surface area contributed by atoms with E-state index >= 15 is 0 Å². The molecule has 0 bridgehead atoms. The second-order valence-electron chi connectivity index (χ2n) is 5.24. The lowest BCUT2D eigenvalue weighted by Gasteiger charge is -2.20. The number of hydrazine groups is 1. The number of hydrogen-bond donors (Lipinski definition) is 1. The van der Waals surface area contributed by atoms with Gasteiger partial charge in [0.15, 0.2) is 9.84 Å². The van der Waals surface area contributed by atoms with Crippen LogP contribution in [0.3, 0.4) is 0 Å². The maximum Gasteiger partial charge on any atom is 0.228 e. The quantitative estimate of drug-likeness (QED) is 0.614. The number of hydrogen-bond acceptors (Lipinski definition) is 4. The van der Waals surface area contributed by atoms with Gasteiger partial charge in [-0.05, 0) is 35.4 Å². The summed E-state index contributed by atoms with van der Waals surface area (Å²) in [5, 5.41) is 2.04. The van der Waals surface area contributed by atoms with Crippen molar-refractivity contribution in [1.82, 2.24) is 5.01 Å². The van der Waals surface area contributed by atoms with Crippen LogP contribution in [-0.2, 0) is 26.9 Å². The third-order valence-corrected chi connectivity index (χ3v) is 4.16. The fraction of sp³-hybridized carbons (Fsp3) is 0.188. The van der Waals surface area contributed by atoms with Crippen LogP contribution >= 0.6 is 11.6 Å². The Hall–Kier alpha value is -2.05. The van der Waals surface area contributed by atoms with Gasteiger partial charge in [0.2, 0.25) is 6.41 Å². The summed E-state index contributed by atoms with van der Waals surface area (Å²) in [7, 11) is -3.06. The lowest BCUT2D eigenvalue weighted by atomic mass is 10.2. The lowest BCUT2D eigenvalue weighted by molar-refractivity contribution is -0.117. The summed E-state index contributed by atoms with van der Waals surface area (Å²) in [6, 6.07) is 14.1. The molecular weight excluding hydrogens is 336 g/mol. The summed E-state index contributed by atoms with van der Waals surface area (Å²) >= 11 is 5.83. The third kappa shape index (κ3) is 5.92. The van der Waals surface area contributed by atoms with Crippen molar-refractivity contribution >= 4 is 33.5 Å². The molecule has 0 radical (unpaired) electrons. The van der Waals surface area contributed by atoms with E-state index in [0.717, 1.165) is 5.56 Å². The molecule has 2 aromatic rings. The summed E-state index contributed by atoms with van der Waals surface area (Å²) in [6.45, 7) is 0.381. The second-order valence-corrected chi connectivity index (χ2v) is 7.82. The van der Waals surface area contributed by atoms with Crippen LogP contribution in [0.5, 0.6) is 0 Å². The number of sulfone groups is 1. The predicted octanol–water partition coefficient (Wildman–Crippen LogP) is 2.87. The van der Waals surface area contributed by atoms with Gasteiger partial charge in [0.25, 0.3) is 0 Å². The number of carbonyl (C=O) groups is 1. The van der Waals surface area contributed by atoms with E-state index in [2.05, 4.69) is 5.43 Å². The molecule has 2 rings (SSSR count). The minimum Gasteiger partial charge on any atom is -0.296 e. The van der Waals surface area contributed by atoms with Crippen molar-refractivity contribution in [2.45, 2.75) is 12.3 Å². The fourth-order valence-electron chi connectivity index (χ4n) is 2.03. The molecule has 0 saturated carbocycles. The Morgan fingerprint density at radius 1 is 1.04 bits per heavy atom. The van der Waals surface area contributed by atoms with Crippen LogP contribution in [-0.4, -0.2) is 26.1 Å². The van der Waals surface area contributed by atoms with Gasteiger partial charge in [0.05, 0.1) is 18.0 Å². The Morgan fingerprint density at radius 2 is 1.61 bits per heavy atom. The van der Waals surface area contributed by atoms with Crippen LogP contribution in [0, 0.1) is 0 Å². The van der Waals surface area contributed by atoms with E-state index in [9.17, 15) is 13.2 Å². The molecule has 0 heterocycles. The van der Waals surface area contributed by atoms with E-state index in [1.807, 2.05) is 12.1 Å². The van der Waals surface area contributed by atoms with E-state index in [-0.39, 0.29) is 5.75 Å². The zero-order valence-corrected chi connectivity index (χ0v) is 14.1. The molecule has 1 N–H and O–H groups in total. The molecule has 0 aromatic heterocycles. The normalized spacial score (nSPS) is 11.0. The topological polar surface area (TPSA) is 66.5 Å². The van der Waals surface area contributed by atoms with Gasteiger partial charge in [-0.15, -0.1) is 0 Å². The minimum absolute atomic E-state index is 0.00451. The second kappa shape index (κ2) is 7.48. The standard InChI is InChI=1S/C16H17ClN2O3S/c1-23(21,22)11-14-4-8-16(9-5-14)18-19(12-20)10-13-2-6-15(17)7-3-13/h2-9,12,18H,10-11H2,1H3. The van der Waals surface area contributed by atoms with Gasteiger partial charge in [-0.2, -0.15) is 0 Å². The smallest absolute Gasteiger partial charge is 0.228 e. The van der Waals surface area contributed by atoms with E-state index in [1.165, 1.54) is 11.3 Å². The number of amides is 1. The number of nitrogens with one attached hydrogen (secondary N) is 1. The Bertz CT molecular complexity index is 759. The van der Waals surface area contributed by atoms with E-state index in [0.29, 0.717) is 29.2 Å². The van der Waals surface area contributed by atoms with Gasteiger partial charge in [-0.3, -0.25) is 15.2 Å². The number of rotatable bonds is 7. The zero-order chi connectivity index (χ0) is 16.9. The van der Waals surface area contributed by atoms with Gasteiger partial charge >= 0.3 is 0 Å². The molecule has 0 spiro atoms.